The summed E-state index contributed by atoms with van der Waals surface area (Å²) >= 11 is 7.17. The molecule has 0 saturated carbocycles. The van der Waals surface area contributed by atoms with Crippen LogP contribution in [-0.2, 0) is 6.61 Å². The maximum atomic E-state index is 12.9. The van der Waals surface area contributed by atoms with Crippen LogP contribution in [0.4, 0.5) is 5.69 Å². The fourth-order valence-electron chi connectivity index (χ4n) is 2.78. The lowest BCUT2D eigenvalue weighted by atomic mass is 10.1. The molecule has 4 rings (SSSR count). The van der Waals surface area contributed by atoms with E-state index in [9.17, 15) is 4.79 Å². The molecule has 4 aromatic rings. The Hall–Kier alpha value is -3.23. The number of carbonyl (C=O) groups excluding carboxylic acids is 1. The van der Waals surface area contributed by atoms with Crippen LogP contribution in [0.25, 0.3) is 11.4 Å². The third-order valence-electron chi connectivity index (χ3n) is 4.17. The zero-order chi connectivity index (χ0) is 21.1. The number of hydrogen-bond acceptors (Lipinski definition) is 7. The number of para-hydroxylation sites is 1. The molecule has 2 aromatic carbocycles. The first-order valence-electron chi connectivity index (χ1n) is 9.05. The van der Waals surface area contributed by atoms with E-state index in [1.165, 1.54) is 11.3 Å². The van der Waals surface area contributed by atoms with Crippen molar-refractivity contribution in [3.8, 4) is 17.1 Å². The van der Waals surface area contributed by atoms with Gasteiger partial charge in [0.2, 0.25) is 11.7 Å². The molecule has 0 spiro atoms. The van der Waals surface area contributed by atoms with Crippen molar-refractivity contribution in [2.24, 2.45) is 0 Å². The number of nitrogens with zero attached hydrogens (tertiary/aromatic N) is 3. The van der Waals surface area contributed by atoms with Gasteiger partial charge in [-0.05, 0) is 43.3 Å². The molecule has 30 heavy (non-hydrogen) atoms. The second kappa shape index (κ2) is 8.64. The molecule has 0 radical (unpaired) electrons. The molecule has 1 amide bonds. The van der Waals surface area contributed by atoms with Crippen molar-refractivity contribution in [2.75, 3.05) is 5.32 Å². The van der Waals surface area contributed by atoms with Crippen LogP contribution in [0.1, 0.15) is 26.3 Å². The molecule has 0 atom stereocenters. The minimum Gasteiger partial charge on any atom is -0.486 e. The molecule has 1 N–H and O–H groups in total. The molecule has 0 aliphatic rings. The van der Waals surface area contributed by atoms with Gasteiger partial charge in [0.1, 0.15) is 22.2 Å². The third-order valence-corrected chi connectivity index (χ3v) is 5.55. The second-order valence-electron chi connectivity index (χ2n) is 6.40. The smallest absolute Gasteiger partial charge is 0.267 e. The summed E-state index contributed by atoms with van der Waals surface area (Å²) in [4.78, 5) is 22.1. The van der Waals surface area contributed by atoms with Crippen LogP contribution in [0.3, 0.4) is 0 Å². The van der Waals surface area contributed by atoms with E-state index in [4.69, 9.17) is 20.9 Å². The molecule has 0 bridgehead atoms. The Bertz CT molecular complexity index is 1190. The van der Waals surface area contributed by atoms with Gasteiger partial charge in [0.25, 0.3) is 5.91 Å². The van der Waals surface area contributed by atoms with E-state index in [0.717, 1.165) is 0 Å². The number of thiazole rings is 1. The van der Waals surface area contributed by atoms with E-state index in [0.29, 0.717) is 49.3 Å². The van der Waals surface area contributed by atoms with Gasteiger partial charge in [-0.3, -0.25) is 4.79 Å². The van der Waals surface area contributed by atoms with Crippen molar-refractivity contribution in [3.63, 3.8) is 0 Å². The van der Waals surface area contributed by atoms with E-state index >= 15 is 0 Å². The summed E-state index contributed by atoms with van der Waals surface area (Å²) in [6, 6.07) is 14.4. The zero-order valence-corrected chi connectivity index (χ0v) is 17.8. The highest BCUT2D eigenvalue weighted by Crippen LogP contribution is 2.27. The van der Waals surface area contributed by atoms with Gasteiger partial charge in [-0.25, -0.2) is 4.98 Å². The maximum Gasteiger partial charge on any atom is 0.267 e. The monoisotopic (exact) mass is 440 g/mol. The molecule has 152 valence electrons. The topological polar surface area (TPSA) is 90.1 Å². The highest BCUT2D eigenvalue weighted by molar-refractivity contribution is 7.13. The lowest BCUT2D eigenvalue weighted by Gasteiger charge is -2.07. The molecule has 0 fully saturated rings. The standard InChI is InChI=1S/C21H17ClN4O3S/c1-12-19(30-18(23-12)11-28-15-9-7-14(22)8-10-15)21(27)25-17-6-4-3-5-16(17)20-24-13(2)29-26-20/h3-10H,11H2,1-2H3,(H,25,27). The van der Waals surface area contributed by atoms with Crippen LogP contribution in [0, 0.1) is 13.8 Å². The van der Waals surface area contributed by atoms with Crippen LogP contribution in [0.2, 0.25) is 5.02 Å². The number of nitrogens with one attached hydrogen (secondary N) is 1. The van der Waals surface area contributed by atoms with E-state index in [1.807, 2.05) is 18.2 Å². The van der Waals surface area contributed by atoms with E-state index in [2.05, 4.69) is 20.4 Å². The number of aryl methyl sites for hydroxylation is 2. The zero-order valence-electron chi connectivity index (χ0n) is 16.2. The first kappa shape index (κ1) is 20.1. The Balaban J connectivity index is 1.49. The molecular formula is C21H17ClN4O3S. The molecule has 9 heteroatoms. The molecule has 7 nitrogen and oxygen atoms in total. The van der Waals surface area contributed by atoms with Gasteiger partial charge >= 0.3 is 0 Å². The van der Waals surface area contributed by atoms with Gasteiger partial charge in [0, 0.05) is 17.5 Å². The highest BCUT2D eigenvalue weighted by Gasteiger charge is 2.18. The Morgan fingerprint density at radius 1 is 1.13 bits per heavy atom. The summed E-state index contributed by atoms with van der Waals surface area (Å²) in [6.45, 7) is 3.77. The van der Waals surface area contributed by atoms with Crippen LogP contribution < -0.4 is 10.1 Å². The quantitative estimate of drug-likeness (QED) is 0.437. The molecule has 0 aliphatic heterocycles. The van der Waals surface area contributed by atoms with E-state index in [-0.39, 0.29) is 12.5 Å². The minimum atomic E-state index is -0.254. The Labute approximate surface area is 181 Å². The minimum absolute atomic E-state index is 0.254. The van der Waals surface area contributed by atoms with Gasteiger partial charge in [0.05, 0.1) is 11.4 Å². The SMILES string of the molecule is Cc1nc(-c2ccccc2NC(=O)c2sc(COc3ccc(Cl)cc3)nc2C)no1. The van der Waals surface area contributed by atoms with Gasteiger partial charge in [-0.2, -0.15) is 4.98 Å². The number of rotatable bonds is 6. The summed E-state index contributed by atoms with van der Waals surface area (Å²) in [5.41, 5.74) is 1.91. The molecular weight excluding hydrogens is 424 g/mol. The molecule has 0 aliphatic carbocycles. The van der Waals surface area contributed by atoms with E-state index < -0.39 is 0 Å². The normalized spacial score (nSPS) is 10.8. The summed E-state index contributed by atoms with van der Waals surface area (Å²) in [6.07, 6.45) is 0. The van der Waals surface area contributed by atoms with Crippen molar-refractivity contribution >= 4 is 34.5 Å². The number of hydrogen-bond donors (Lipinski definition) is 1. The largest absolute Gasteiger partial charge is 0.486 e. The fourth-order valence-corrected chi connectivity index (χ4v) is 3.77. The number of aromatic nitrogens is 3. The summed E-state index contributed by atoms with van der Waals surface area (Å²) in [5, 5.41) is 8.20. The summed E-state index contributed by atoms with van der Waals surface area (Å²) in [5.74, 6) is 1.30. The Morgan fingerprint density at radius 3 is 2.63 bits per heavy atom. The fraction of sp³-hybridized carbons (Fsp3) is 0.143. The number of anilines is 1. The molecule has 0 unspecified atom stereocenters. The second-order valence-corrected chi connectivity index (χ2v) is 7.92. The number of benzene rings is 2. The van der Waals surface area contributed by atoms with Gasteiger partial charge in [-0.15, -0.1) is 11.3 Å². The van der Waals surface area contributed by atoms with Crippen molar-refractivity contribution < 1.29 is 14.1 Å². The molecule has 2 aromatic heterocycles. The average Bonchev–Trinajstić information content (AvgIpc) is 3.33. The van der Waals surface area contributed by atoms with Crippen molar-refractivity contribution in [2.45, 2.75) is 20.5 Å². The van der Waals surface area contributed by atoms with Gasteiger partial charge in [-0.1, -0.05) is 28.9 Å². The van der Waals surface area contributed by atoms with Crippen molar-refractivity contribution in [1.29, 1.82) is 0 Å². The Kier molecular flexibility index (Phi) is 5.78. The van der Waals surface area contributed by atoms with E-state index in [1.54, 1.807) is 44.2 Å². The number of amides is 1. The molecule has 0 saturated heterocycles. The highest BCUT2D eigenvalue weighted by atomic mass is 35.5. The first-order chi connectivity index (χ1) is 14.5. The van der Waals surface area contributed by atoms with Crippen LogP contribution in [0.15, 0.2) is 53.1 Å². The predicted octanol–water partition coefficient (Wildman–Crippen LogP) is 5.29. The average molecular weight is 441 g/mol. The third kappa shape index (κ3) is 4.50. The van der Waals surface area contributed by atoms with Crippen molar-refractivity contribution in [1.82, 2.24) is 15.1 Å². The lowest BCUT2D eigenvalue weighted by molar-refractivity contribution is 0.103. The van der Waals surface area contributed by atoms with Crippen LogP contribution in [0.5, 0.6) is 5.75 Å². The van der Waals surface area contributed by atoms with Crippen molar-refractivity contribution in [3.05, 3.63) is 75.0 Å². The first-order valence-corrected chi connectivity index (χ1v) is 10.2. The maximum absolute atomic E-state index is 12.9. The van der Waals surface area contributed by atoms with Gasteiger partial charge in [0.15, 0.2) is 0 Å². The lowest BCUT2D eigenvalue weighted by Crippen LogP contribution is -2.12. The molecule has 2 heterocycles. The summed E-state index contributed by atoms with van der Waals surface area (Å²) in [7, 11) is 0. The van der Waals surface area contributed by atoms with Crippen LogP contribution in [-0.4, -0.2) is 21.0 Å². The number of ether oxygens (including phenoxy) is 1. The Morgan fingerprint density at radius 2 is 1.90 bits per heavy atom. The summed E-state index contributed by atoms with van der Waals surface area (Å²) < 4.78 is 10.8. The number of halogens is 1. The van der Waals surface area contributed by atoms with Crippen LogP contribution >= 0.6 is 22.9 Å². The predicted molar refractivity (Wildman–Crippen MR) is 115 cm³/mol. The number of carbonyl (C=O) groups is 1. The van der Waals surface area contributed by atoms with Gasteiger partial charge < -0.3 is 14.6 Å².